The molecule has 2 aliphatic rings. The van der Waals surface area contributed by atoms with Gasteiger partial charge in [0.2, 0.25) is 3.79 Å². The lowest BCUT2D eigenvalue weighted by atomic mass is 9.90. The van der Waals surface area contributed by atoms with Gasteiger partial charge in [-0.05, 0) is 42.8 Å². The van der Waals surface area contributed by atoms with Crippen LogP contribution in [0.5, 0.6) is 0 Å². The van der Waals surface area contributed by atoms with Crippen molar-refractivity contribution in [3.05, 3.63) is 72.4 Å². The van der Waals surface area contributed by atoms with E-state index in [0.717, 1.165) is 36.0 Å². The van der Waals surface area contributed by atoms with Gasteiger partial charge in [0.1, 0.15) is 6.17 Å². The van der Waals surface area contributed by atoms with Gasteiger partial charge in [-0.15, -0.1) is 0 Å². The van der Waals surface area contributed by atoms with Crippen molar-refractivity contribution in [2.45, 2.75) is 34.8 Å². The van der Waals surface area contributed by atoms with Crippen LogP contribution in [-0.4, -0.2) is 62.2 Å². The average molecular weight is 550 g/mol. The van der Waals surface area contributed by atoms with Crippen molar-refractivity contribution in [3.63, 3.8) is 0 Å². The van der Waals surface area contributed by atoms with Gasteiger partial charge in [0.15, 0.2) is 5.11 Å². The van der Waals surface area contributed by atoms with Crippen molar-refractivity contribution in [1.82, 2.24) is 14.8 Å². The molecule has 9 heteroatoms. The lowest BCUT2D eigenvalue weighted by Crippen LogP contribution is -2.65. The van der Waals surface area contributed by atoms with Crippen molar-refractivity contribution in [3.8, 4) is 0 Å². The second kappa shape index (κ2) is 10.8. The van der Waals surface area contributed by atoms with Crippen LogP contribution in [0.2, 0.25) is 0 Å². The molecule has 5 nitrogen and oxygen atoms in total. The summed E-state index contributed by atoms with van der Waals surface area (Å²) >= 11 is 25.7. The molecule has 2 aromatic carbocycles. The molecule has 1 N–H and O–H groups in total. The van der Waals surface area contributed by atoms with Gasteiger partial charge in [0, 0.05) is 36.6 Å². The van der Waals surface area contributed by atoms with E-state index in [-0.39, 0.29) is 6.04 Å². The standard InChI is InChI=1S/C26H27Cl3N4OS/c27-26(28,29)24-32(21-15-20(16-34-17-21)18-7-2-1-3-8-18)13-6-14-33(24)25(35)31-22-11-4-9-19-10-5-12-30-23(19)22/h1-5,7-12,20-21,24H,6,13-17H2,(H,31,35). The van der Waals surface area contributed by atoms with E-state index in [2.05, 4.69) is 39.5 Å². The Balaban J connectivity index is 1.39. The van der Waals surface area contributed by atoms with E-state index in [1.807, 2.05) is 41.3 Å². The Morgan fingerprint density at radius 3 is 2.60 bits per heavy atom. The summed E-state index contributed by atoms with van der Waals surface area (Å²) in [7, 11) is 0. The molecular formula is C26H27Cl3N4OS. The zero-order chi connectivity index (χ0) is 24.4. The third-order valence-electron chi connectivity index (χ3n) is 6.78. The average Bonchev–Trinajstić information content (AvgIpc) is 2.88. The fourth-order valence-electron chi connectivity index (χ4n) is 5.20. The van der Waals surface area contributed by atoms with Crippen LogP contribution < -0.4 is 5.32 Å². The molecule has 2 aliphatic heterocycles. The van der Waals surface area contributed by atoms with E-state index in [1.54, 1.807) is 6.20 Å². The monoisotopic (exact) mass is 548 g/mol. The summed E-state index contributed by atoms with van der Waals surface area (Å²) < 4.78 is 4.49. The number of ether oxygens (including phenoxy) is 1. The summed E-state index contributed by atoms with van der Waals surface area (Å²) in [5, 5.41) is 4.92. The number of aromatic nitrogens is 1. The lowest BCUT2D eigenvalue weighted by Gasteiger charge is -2.51. The number of hydrogen-bond donors (Lipinski definition) is 1. The Morgan fingerprint density at radius 1 is 1.00 bits per heavy atom. The predicted molar refractivity (Wildman–Crippen MR) is 148 cm³/mol. The molecule has 0 bridgehead atoms. The van der Waals surface area contributed by atoms with Crippen LogP contribution in [0.25, 0.3) is 10.9 Å². The molecule has 0 radical (unpaired) electrons. The maximum absolute atomic E-state index is 6.62. The zero-order valence-electron chi connectivity index (χ0n) is 19.1. The Labute approximate surface area is 226 Å². The quantitative estimate of drug-likeness (QED) is 0.309. The van der Waals surface area contributed by atoms with E-state index >= 15 is 0 Å². The van der Waals surface area contributed by atoms with Crippen LogP contribution >= 0.6 is 47.0 Å². The second-order valence-corrected chi connectivity index (χ2v) is 11.8. The number of halogens is 3. The Bertz CT molecular complexity index is 1170. The van der Waals surface area contributed by atoms with E-state index in [9.17, 15) is 0 Å². The molecule has 0 saturated carbocycles. The van der Waals surface area contributed by atoms with E-state index in [1.165, 1.54) is 5.56 Å². The number of hydrogen-bond acceptors (Lipinski definition) is 4. The molecule has 1 aromatic heterocycles. The van der Waals surface area contributed by atoms with E-state index in [4.69, 9.17) is 51.8 Å². The van der Waals surface area contributed by atoms with Crippen molar-refractivity contribution in [2.75, 3.05) is 31.6 Å². The molecule has 184 valence electrons. The molecule has 2 fully saturated rings. The summed E-state index contributed by atoms with van der Waals surface area (Å²) in [6.07, 6.45) is 3.09. The first-order valence-corrected chi connectivity index (χ1v) is 13.3. The Kier molecular flexibility index (Phi) is 7.68. The topological polar surface area (TPSA) is 40.6 Å². The van der Waals surface area contributed by atoms with Crippen LogP contribution in [0.15, 0.2) is 66.9 Å². The maximum atomic E-state index is 6.62. The zero-order valence-corrected chi connectivity index (χ0v) is 22.2. The molecule has 2 saturated heterocycles. The summed E-state index contributed by atoms with van der Waals surface area (Å²) in [6, 6.07) is 20.5. The van der Waals surface area contributed by atoms with Gasteiger partial charge in [0.05, 0.1) is 24.4 Å². The molecule has 35 heavy (non-hydrogen) atoms. The second-order valence-electron chi connectivity index (χ2n) is 9.05. The van der Waals surface area contributed by atoms with Crippen LogP contribution in [0, 0.1) is 0 Å². The minimum Gasteiger partial charge on any atom is -0.379 e. The van der Waals surface area contributed by atoms with Gasteiger partial charge in [-0.1, -0.05) is 83.3 Å². The number of nitrogens with zero attached hydrogens (tertiary/aromatic N) is 3. The first-order valence-electron chi connectivity index (χ1n) is 11.8. The number of alkyl halides is 3. The van der Waals surface area contributed by atoms with Crippen LogP contribution in [-0.2, 0) is 4.74 Å². The highest BCUT2D eigenvalue weighted by Gasteiger charge is 2.47. The lowest BCUT2D eigenvalue weighted by molar-refractivity contribution is -0.0499. The highest BCUT2D eigenvalue weighted by molar-refractivity contribution is 7.80. The number of fused-ring (bicyclic) bond motifs is 1. The number of pyridine rings is 1. The fourth-order valence-corrected chi connectivity index (χ4v) is 6.23. The maximum Gasteiger partial charge on any atom is 0.223 e. The molecule has 0 spiro atoms. The highest BCUT2D eigenvalue weighted by Crippen LogP contribution is 2.40. The first-order chi connectivity index (χ1) is 16.9. The number of nitrogens with one attached hydrogen (secondary N) is 1. The summed E-state index contributed by atoms with van der Waals surface area (Å²) in [5.41, 5.74) is 2.96. The van der Waals surface area contributed by atoms with Gasteiger partial charge in [-0.3, -0.25) is 9.88 Å². The minimum absolute atomic E-state index is 0.111. The Hall–Kier alpha value is -1.67. The van der Waals surface area contributed by atoms with Gasteiger partial charge in [0.25, 0.3) is 0 Å². The van der Waals surface area contributed by atoms with Crippen LogP contribution in [0.1, 0.15) is 24.3 Å². The first kappa shape index (κ1) is 25.0. The van der Waals surface area contributed by atoms with Crippen LogP contribution in [0.4, 0.5) is 5.69 Å². The van der Waals surface area contributed by atoms with E-state index < -0.39 is 9.96 Å². The van der Waals surface area contributed by atoms with Crippen LogP contribution in [0.3, 0.4) is 0 Å². The molecule has 3 unspecified atom stereocenters. The number of anilines is 1. The molecule has 0 aliphatic carbocycles. The molecule has 3 heterocycles. The van der Waals surface area contributed by atoms with Crippen molar-refractivity contribution in [1.29, 1.82) is 0 Å². The van der Waals surface area contributed by atoms with Gasteiger partial charge in [-0.25, -0.2) is 0 Å². The minimum atomic E-state index is -1.57. The number of benzene rings is 2. The molecular weight excluding hydrogens is 523 g/mol. The highest BCUT2D eigenvalue weighted by atomic mass is 35.6. The number of thiocarbonyl (C=S) groups is 1. The molecule has 3 aromatic rings. The Morgan fingerprint density at radius 2 is 1.80 bits per heavy atom. The largest absolute Gasteiger partial charge is 0.379 e. The SMILES string of the molecule is S=C(Nc1cccc2cccnc12)N1CCCN(C2COCC(c3ccccc3)C2)C1C(Cl)(Cl)Cl. The molecule has 5 rings (SSSR count). The van der Waals surface area contributed by atoms with Gasteiger partial charge >= 0.3 is 0 Å². The van der Waals surface area contributed by atoms with Crippen molar-refractivity contribution < 1.29 is 4.74 Å². The van der Waals surface area contributed by atoms with E-state index in [0.29, 0.717) is 30.8 Å². The molecule has 3 atom stereocenters. The normalized spacial score (nSPS) is 23.9. The third-order valence-corrected chi connectivity index (χ3v) is 7.70. The summed E-state index contributed by atoms with van der Waals surface area (Å²) in [5.74, 6) is 0.299. The van der Waals surface area contributed by atoms with Gasteiger partial charge in [-0.2, -0.15) is 0 Å². The smallest absolute Gasteiger partial charge is 0.223 e. The molecule has 0 amide bonds. The summed E-state index contributed by atoms with van der Waals surface area (Å²) in [6.45, 7) is 2.80. The van der Waals surface area contributed by atoms with Crippen molar-refractivity contribution >= 4 is 68.7 Å². The number of para-hydroxylation sites is 1. The number of rotatable bonds is 3. The van der Waals surface area contributed by atoms with Crippen molar-refractivity contribution in [2.24, 2.45) is 0 Å². The van der Waals surface area contributed by atoms with Gasteiger partial charge < -0.3 is 15.0 Å². The predicted octanol–water partition coefficient (Wildman–Crippen LogP) is 6.21. The fraction of sp³-hybridized carbons (Fsp3) is 0.385. The summed E-state index contributed by atoms with van der Waals surface area (Å²) in [4.78, 5) is 8.79. The third kappa shape index (κ3) is 5.53.